The second kappa shape index (κ2) is 4.79. The maximum absolute atomic E-state index is 11.9. The Balaban J connectivity index is 2.45. The number of allylic oxidation sites excluding steroid dienone is 1. The van der Waals surface area contributed by atoms with Gasteiger partial charge in [0.05, 0.1) is 5.76 Å². The molecule has 1 heterocycles. The predicted molar refractivity (Wildman–Crippen MR) is 72.7 cm³/mol. The fourth-order valence-corrected chi connectivity index (χ4v) is 2.80. The maximum Gasteiger partial charge on any atom is 0.261 e. The van der Waals surface area contributed by atoms with Crippen molar-refractivity contribution in [3.8, 4) is 0 Å². The minimum Gasteiger partial charge on any atom is -0.512 e. The molecule has 1 aliphatic heterocycles. The van der Waals surface area contributed by atoms with Crippen molar-refractivity contribution in [1.82, 2.24) is 0 Å². The van der Waals surface area contributed by atoms with E-state index in [1.807, 2.05) is 0 Å². The quantitative estimate of drug-likeness (QED) is 0.586. The standard InChI is InChI=1S/C13H12BrNO4/c1-7(16)5-8(17)6-13(19)11-9(14)3-2-4-10(11)15-12(13)18/h2-5,17,19H,6H2,1H3,(H,15,18)/b8-5+/t13-/m1/s1. The zero-order valence-corrected chi connectivity index (χ0v) is 11.7. The minimum absolute atomic E-state index is 0.339. The molecule has 0 saturated heterocycles. The molecular formula is C13H12BrNO4. The van der Waals surface area contributed by atoms with E-state index in [1.165, 1.54) is 6.92 Å². The smallest absolute Gasteiger partial charge is 0.261 e. The van der Waals surface area contributed by atoms with Crippen LogP contribution in [0, 0.1) is 0 Å². The number of ketones is 1. The van der Waals surface area contributed by atoms with Crippen LogP contribution in [0.4, 0.5) is 5.69 Å². The number of anilines is 1. The van der Waals surface area contributed by atoms with E-state index in [0.29, 0.717) is 15.7 Å². The van der Waals surface area contributed by atoms with Gasteiger partial charge in [0.15, 0.2) is 11.4 Å². The number of aliphatic hydroxyl groups is 2. The van der Waals surface area contributed by atoms with Gasteiger partial charge in [-0.15, -0.1) is 0 Å². The topological polar surface area (TPSA) is 86.6 Å². The molecule has 3 N–H and O–H groups in total. The van der Waals surface area contributed by atoms with Crippen molar-refractivity contribution in [3.05, 3.63) is 40.1 Å². The van der Waals surface area contributed by atoms with E-state index in [9.17, 15) is 19.8 Å². The molecule has 0 aliphatic carbocycles. The number of nitrogens with one attached hydrogen (secondary N) is 1. The number of benzene rings is 1. The Morgan fingerprint density at radius 3 is 2.84 bits per heavy atom. The second-order valence-corrected chi connectivity index (χ2v) is 5.25. The number of aliphatic hydroxyl groups excluding tert-OH is 1. The first-order valence-corrected chi connectivity index (χ1v) is 6.37. The summed E-state index contributed by atoms with van der Waals surface area (Å²) in [6.07, 6.45) is 0.633. The van der Waals surface area contributed by atoms with Crippen molar-refractivity contribution in [3.63, 3.8) is 0 Å². The predicted octanol–water partition coefficient (Wildman–Crippen LogP) is 2.01. The first kappa shape index (κ1) is 13.8. The molecule has 1 aromatic rings. The summed E-state index contributed by atoms with van der Waals surface area (Å²) in [4.78, 5) is 22.8. The average Bonchev–Trinajstić information content (AvgIpc) is 2.50. The molecule has 0 fully saturated rings. The number of carbonyl (C=O) groups is 2. The summed E-state index contributed by atoms with van der Waals surface area (Å²) in [5, 5.41) is 22.7. The van der Waals surface area contributed by atoms with Crippen LogP contribution < -0.4 is 5.32 Å². The van der Waals surface area contributed by atoms with E-state index in [1.54, 1.807) is 18.2 Å². The molecule has 100 valence electrons. The van der Waals surface area contributed by atoms with Crippen molar-refractivity contribution in [2.45, 2.75) is 18.9 Å². The third-order valence-electron chi connectivity index (χ3n) is 2.86. The molecular weight excluding hydrogens is 314 g/mol. The van der Waals surface area contributed by atoms with E-state index < -0.39 is 11.5 Å². The molecule has 2 rings (SSSR count). The van der Waals surface area contributed by atoms with Crippen LogP contribution in [0.15, 0.2) is 34.5 Å². The van der Waals surface area contributed by atoms with Crippen LogP contribution in [-0.4, -0.2) is 21.9 Å². The van der Waals surface area contributed by atoms with Gasteiger partial charge in [0.1, 0.15) is 0 Å². The van der Waals surface area contributed by atoms with Gasteiger partial charge in [-0.1, -0.05) is 22.0 Å². The Hall–Kier alpha value is -1.66. The zero-order valence-electron chi connectivity index (χ0n) is 10.1. The minimum atomic E-state index is -1.88. The van der Waals surface area contributed by atoms with Crippen molar-refractivity contribution >= 4 is 33.3 Å². The Morgan fingerprint density at radius 2 is 2.21 bits per heavy atom. The highest BCUT2D eigenvalue weighted by Gasteiger charge is 2.47. The highest BCUT2D eigenvalue weighted by atomic mass is 79.9. The SMILES string of the molecule is CC(=O)/C=C(/O)C[C@]1(O)C(=O)Nc2cccc(Br)c21. The van der Waals surface area contributed by atoms with Gasteiger partial charge in [-0.2, -0.15) is 0 Å². The summed E-state index contributed by atoms with van der Waals surface area (Å²) < 4.78 is 0.557. The lowest BCUT2D eigenvalue weighted by Gasteiger charge is -2.21. The Kier molecular flexibility index (Phi) is 3.47. The van der Waals surface area contributed by atoms with Gasteiger partial charge in [0, 0.05) is 28.2 Å². The highest BCUT2D eigenvalue weighted by Crippen LogP contribution is 2.43. The third kappa shape index (κ3) is 2.41. The number of hydrogen-bond acceptors (Lipinski definition) is 4. The van der Waals surface area contributed by atoms with Gasteiger partial charge in [-0.25, -0.2) is 0 Å². The first-order valence-electron chi connectivity index (χ1n) is 5.57. The number of carbonyl (C=O) groups excluding carboxylic acids is 2. The lowest BCUT2D eigenvalue weighted by molar-refractivity contribution is -0.134. The Labute approximate surface area is 118 Å². The average molecular weight is 326 g/mol. The highest BCUT2D eigenvalue weighted by molar-refractivity contribution is 9.10. The molecule has 1 amide bonds. The zero-order chi connectivity index (χ0) is 14.2. The van der Waals surface area contributed by atoms with Crippen LogP contribution >= 0.6 is 15.9 Å². The molecule has 0 unspecified atom stereocenters. The number of fused-ring (bicyclic) bond motifs is 1. The van der Waals surface area contributed by atoms with Gasteiger partial charge in [-0.3, -0.25) is 9.59 Å². The Bertz CT molecular complexity index is 596. The van der Waals surface area contributed by atoms with Crippen molar-refractivity contribution in [2.24, 2.45) is 0 Å². The second-order valence-electron chi connectivity index (χ2n) is 4.40. The van der Waals surface area contributed by atoms with E-state index in [2.05, 4.69) is 21.2 Å². The van der Waals surface area contributed by atoms with Gasteiger partial charge >= 0.3 is 0 Å². The monoisotopic (exact) mass is 325 g/mol. The van der Waals surface area contributed by atoms with Gasteiger partial charge in [-0.05, 0) is 19.1 Å². The summed E-state index contributed by atoms with van der Waals surface area (Å²) in [6, 6.07) is 5.07. The maximum atomic E-state index is 11.9. The molecule has 0 saturated carbocycles. The number of rotatable bonds is 3. The fraction of sp³-hybridized carbons (Fsp3) is 0.231. The first-order chi connectivity index (χ1) is 8.84. The number of halogens is 1. The molecule has 0 spiro atoms. The van der Waals surface area contributed by atoms with Crippen molar-refractivity contribution in [1.29, 1.82) is 0 Å². The van der Waals surface area contributed by atoms with E-state index in [4.69, 9.17) is 0 Å². The molecule has 0 aromatic heterocycles. The molecule has 1 atom stereocenters. The van der Waals surface area contributed by atoms with Crippen molar-refractivity contribution in [2.75, 3.05) is 5.32 Å². The number of amides is 1. The van der Waals surface area contributed by atoms with E-state index in [0.717, 1.165) is 6.08 Å². The molecule has 6 heteroatoms. The van der Waals surface area contributed by atoms with Crippen LogP contribution in [0.25, 0.3) is 0 Å². The molecule has 0 radical (unpaired) electrons. The van der Waals surface area contributed by atoms with Gasteiger partial charge in [0.2, 0.25) is 0 Å². The van der Waals surface area contributed by atoms with Crippen LogP contribution in [0.1, 0.15) is 18.9 Å². The van der Waals surface area contributed by atoms with Crippen molar-refractivity contribution < 1.29 is 19.8 Å². The largest absolute Gasteiger partial charge is 0.512 e. The molecule has 1 aromatic carbocycles. The fourth-order valence-electron chi connectivity index (χ4n) is 2.10. The number of hydrogen-bond donors (Lipinski definition) is 3. The van der Waals surface area contributed by atoms with E-state index >= 15 is 0 Å². The van der Waals surface area contributed by atoms with Crippen LogP contribution in [0.2, 0.25) is 0 Å². The summed E-state index contributed by atoms with van der Waals surface area (Å²) >= 11 is 3.27. The summed E-state index contributed by atoms with van der Waals surface area (Å²) in [6.45, 7) is 1.28. The summed E-state index contributed by atoms with van der Waals surface area (Å²) in [5.41, 5.74) is -1.04. The lowest BCUT2D eigenvalue weighted by atomic mass is 9.91. The normalized spacial score (nSPS) is 22.1. The van der Waals surface area contributed by atoms with Gasteiger partial charge < -0.3 is 15.5 Å². The van der Waals surface area contributed by atoms with Crippen LogP contribution in [0.3, 0.4) is 0 Å². The lowest BCUT2D eigenvalue weighted by Crippen LogP contribution is -2.35. The van der Waals surface area contributed by atoms with Crippen LogP contribution in [-0.2, 0) is 15.2 Å². The molecule has 1 aliphatic rings. The molecule has 5 nitrogen and oxygen atoms in total. The summed E-state index contributed by atoms with van der Waals surface area (Å²) in [5.74, 6) is -1.32. The third-order valence-corrected chi connectivity index (χ3v) is 3.52. The van der Waals surface area contributed by atoms with Gasteiger partial charge in [0.25, 0.3) is 5.91 Å². The van der Waals surface area contributed by atoms with Crippen LogP contribution in [0.5, 0.6) is 0 Å². The molecule has 19 heavy (non-hydrogen) atoms. The van der Waals surface area contributed by atoms with E-state index in [-0.39, 0.29) is 18.0 Å². The molecule has 0 bridgehead atoms. The summed E-state index contributed by atoms with van der Waals surface area (Å²) in [7, 11) is 0. The Morgan fingerprint density at radius 1 is 1.53 bits per heavy atom.